The van der Waals surface area contributed by atoms with Crippen molar-refractivity contribution in [3.05, 3.63) is 23.1 Å². The van der Waals surface area contributed by atoms with Crippen molar-refractivity contribution in [1.29, 1.82) is 0 Å². The first-order valence-corrected chi connectivity index (χ1v) is 14.9. The van der Waals surface area contributed by atoms with Crippen molar-refractivity contribution < 1.29 is 29.2 Å². The standard InChI is InChI=1S/C23H29N5O5S3/c1-10-15(18(23(32)33)28-17(10)16(11(2)29)20(28)31)14-8-27-9-26(21(34-3)22(27)36-14)4-5-35-12-6-13(19(24)30)25-7-12/h8-13,16-17,25,29H,4-7H2,1-3H3,(H2-,24,30,32,33)/t10-,11+,12-,13-,16+,17+/m0/s1. The van der Waals surface area contributed by atoms with Gasteiger partial charge in [0.05, 0.1) is 40.6 Å². The lowest BCUT2D eigenvalue weighted by atomic mass is 9.77. The molecule has 0 aliphatic carbocycles. The van der Waals surface area contributed by atoms with Crippen molar-refractivity contribution >= 4 is 63.0 Å². The number of carboxylic acids is 1. The van der Waals surface area contributed by atoms with Crippen LogP contribution in [-0.4, -0.2) is 74.2 Å². The van der Waals surface area contributed by atoms with Crippen LogP contribution in [0.4, 0.5) is 0 Å². The molecule has 36 heavy (non-hydrogen) atoms. The first-order chi connectivity index (χ1) is 17.1. The second-order valence-electron chi connectivity index (χ2n) is 9.52. The van der Waals surface area contributed by atoms with E-state index in [2.05, 4.69) is 9.88 Å². The third-order valence-corrected chi connectivity index (χ3v) is 10.7. The molecule has 0 saturated carbocycles. The normalized spacial score (nSPS) is 28.6. The number of hydrogen-bond acceptors (Lipinski definition) is 9. The molecule has 5 heterocycles. The third kappa shape index (κ3) is 4.05. The van der Waals surface area contributed by atoms with E-state index in [1.807, 2.05) is 41.9 Å². The molecule has 10 nitrogen and oxygen atoms in total. The summed E-state index contributed by atoms with van der Waals surface area (Å²) in [6, 6.07) is -0.617. The number of aliphatic hydroxyl groups excluding tert-OH is 1. The molecule has 2 aromatic heterocycles. The molecule has 0 radical (unpaired) electrons. The zero-order valence-corrected chi connectivity index (χ0v) is 22.6. The number of carbonyl (C=O) groups excluding carboxylic acids is 3. The van der Waals surface area contributed by atoms with Gasteiger partial charge in [-0.25, -0.2) is 4.57 Å². The molecule has 194 valence electrons. The molecule has 2 aromatic rings. The number of imidazole rings is 1. The van der Waals surface area contributed by atoms with E-state index < -0.39 is 18.0 Å². The summed E-state index contributed by atoms with van der Waals surface area (Å²) >= 11 is 4.95. The van der Waals surface area contributed by atoms with Gasteiger partial charge in [0, 0.05) is 29.0 Å². The van der Waals surface area contributed by atoms with Crippen molar-refractivity contribution in [2.45, 2.75) is 55.3 Å². The average Bonchev–Trinajstić information content (AvgIpc) is 3.54. The van der Waals surface area contributed by atoms with Crippen molar-refractivity contribution in [1.82, 2.24) is 14.6 Å². The Bertz CT molecular complexity index is 1270. The second kappa shape index (κ2) is 9.67. The minimum absolute atomic E-state index is 0.0756. The van der Waals surface area contributed by atoms with Crippen LogP contribution in [0.15, 0.2) is 23.2 Å². The van der Waals surface area contributed by atoms with Crippen molar-refractivity contribution in [3.63, 3.8) is 0 Å². The van der Waals surface area contributed by atoms with E-state index in [1.165, 1.54) is 16.2 Å². The van der Waals surface area contributed by atoms with E-state index in [-0.39, 0.29) is 35.5 Å². The second-order valence-corrected chi connectivity index (χ2v) is 12.8. The highest BCUT2D eigenvalue weighted by atomic mass is 32.2. The fourth-order valence-electron chi connectivity index (χ4n) is 5.67. The third-order valence-electron chi connectivity index (χ3n) is 7.35. The Morgan fingerprint density at radius 1 is 1.44 bits per heavy atom. The largest absolute Gasteiger partial charge is 0.543 e. The Labute approximate surface area is 220 Å². The average molecular weight is 552 g/mol. The van der Waals surface area contributed by atoms with E-state index in [9.17, 15) is 24.6 Å². The van der Waals surface area contributed by atoms with Gasteiger partial charge in [0.25, 0.3) is 6.33 Å². The summed E-state index contributed by atoms with van der Waals surface area (Å²) in [5.74, 6) is -1.98. The summed E-state index contributed by atoms with van der Waals surface area (Å²) < 4.78 is 4.19. The number of aliphatic hydroxyl groups is 1. The lowest BCUT2D eigenvalue weighted by Gasteiger charge is -2.47. The summed E-state index contributed by atoms with van der Waals surface area (Å²) in [6.07, 6.45) is 5.85. The van der Waals surface area contributed by atoms with Crippen LogP contribution in [0, 0.1) is 11.8 Å². The highest BCUT2D eigenvalue weighted by molar-refractivity contribution is 8.00. The van der Waals surface area contributed by atoms with Gasteiger partial charge in [0.1, 0.15) is 12.7 Å². The van der Waals surface area contributed by atoms with Crippen LogP contribution in [-0.2, 0) is 20.9 Å². The molecule has 0 bridgehead atoms. The van der Waals surface area contributed by atoms with Gasteiger partial charge in [-0.1, -0.05) is 30.0 Å². The highest BCUT2D eigenvalue weighted by Gasteiger charge is 2.59. The quantitative estimate of drug-likeness (QED) is 0.210. The van der Waals surface area contributed by atoms with Gasteiger partial charge in [0.15, 0.2) is 0 Å². The maximum Gasteiger partial charge on any atom is 0.250 e. The van der Waals surface area contributed by atoms with Gasteiger partial charge in [-0.3, -0.25) is 9.59 Å². The number of thioether (sulfide) groups is 2. The Kier molecular flexibility index (Phi) is 6.87. The smallest absolute Gasteiger partial charge is 0.250 e. The van der Waals surface area contributed by atoms with Crippen LogP contribution in [0.25, 0.3) is 10.4 Å². The van der Waals surface area contributed by atoms with Crippen LogP contribution in [0.1, 0.15) is 25.1 Å². The number of carboxylic acid groups (broad SMARTS) is 1. The maximum atomic E-state index is 12.6. The van der Waals surface area contributed by atoms with Gasteiger partial charge in [0.2, 0.25) is 21.7 Å². The summed E-state index contributed by atoms with van der Waals surface area (Å²) in [7, 11) is 0. The number of nitrogens with two attached hydrogens (primary N) is 1. The van der Waals surface area contributed by atoms with Crippen LogP contribution in [0.5, 0.6) is 0 Å². The number of primary amides is 1. The number of nitrogens with zero attached hydrogens (tertiary/aromatic N) is 3. The number of fused-ring (bicyclic) bond motifs is 2. The van der Waals surface area contributed by atoms with Crippen molar-refractivity contribution in [3.8, 4) is 0 Å². The van der Waals surface area contributed by atoms with E-state index in [0.717, 1.165) is 40.0 Å². The van der Waals surface area contributed by atoms with Crippen LogP contribution in [0.2, 0.25) is 0 Å². The van der Waals surface area contributed by atoms with E-state index >= 15 is 0 Å². The molecular weight excluding hydrogens is 522 g/mol. The Balaban J connectivity index is 1.37. The molecule has 6 atom stereocenters. The molecule has 2 saturated heterocycles. The van der Waals surface area contributed by atoms with Crippen molar-refractivity contribution in [2.75, 3.05) is 18.6 Å². The number of carbonyl (C=O) groups is 3. The zero-order chi connectivity index (χ0) is 25.9. The number of hydrogen-bond donors (Lipinski definition) is 3. The van der Waals surface area contributed by atoms with Crippen molar-refractivity contribution in [2.24, 2.45) is 17.6 Å². The topological polar surface area (TPSA) is 144 Å². The van der Waals surface area contributed by atoms with Gasteiger partial charge in [-0.05, 0) is 19.6 Å². The molecule has 5 rings (SSSR count). The number of aromatic nitrogens is 2. The van der Waals surface area contributed by atoms with Crippen LogP contribution >= 0.6 is 34.9 Å². The minimum Gasteiger partial charge on any atom is -0.543 e. The fraction of sp³-hybridized carbons (Fsp3) is 0.565. The predicted molar refractivity (Wildman–Crippen MR) is 136 cm³/mol. The van der Waals surface area contributed by atoms with Gasteiger partial charge >= 0.3 is 0 Å². The monoisotopic (exact) mass is 551 g/mol. The van der Waals surface area contributed by atoms with Gasteiger partial charge < -0.3 is 31.0 Å². The number of aliphatic carboxylic acids is 1. The number of thiazole rings is 1. The number of nitrogens with one attached hydrogen (secondary N) is 1. The summed E-state index contributed by atoms with van der Waals surface area (Å²) in [5.41, 5.74) is 5.92. The van der Waals surface area contributed by atoms with Gasteiger partial charge in [-0.15, -0.1) is 0 Å². The number of β-lactam (4-membered cyclic amide) rings is 1. The Morgan fingerprint density at radius 2 is 2.19 bits per heavy atom. The lowest BCUT2D eigenvalue weighted by Crippen LogP contribution is -2.64. The molecule has 2 amide bonds. The first kappa shape index (κ1) is 25.6. The molecule has 2 fully saturated rings. The molecular formula is C23H29N5O5S3. The van der Waals surface area contributed by atoms with E-state index in [1.54, 1.807) is 18.7 Å². The summed E-state index contributed by atoms with van der Waals surface area (Å²) in [5, 5.41) is 26.8. The predicted octanol–water partition coefficient (Wildman–Crippen LogP) is -0.722. The van der Waals surface area contributed by atoms with Crippen LogP contribution in [0.3, 0.4) is 0 Å². The van der Waals surface area contributed by atoms with E-state index in [0.29, 0.717) is 10.8 Å². The minimum atomic E-state index is -1.37. The first-order valence-electron chi connectivity index (χ1n) is 11.8. The van der Waals surface area contributed by atoms with Crippen LogP contribution < -0.4 is 20.7 Å². The Morgan fingerprint density at radius 3 is 2.81 bits per heavy atom. The van der Waals surface area contributed by atoms with Gasteiger partial charge in [-0.2, -0.15) is 16.2 Å². The molecule has 3 aliphatic rings. The number of aryl methyl sites for hydroxylation is 1. The molecule has 4 N–H and O–H groups in total. The molecule has 3 aliphatic heterocycles. The molecule has 13 heteroatoms. The molecule has 0 spiro atoms. The lowest BCUT2D eigenvalue weighted by molar-refractivity contribution is -0.725. The SMILES string of the molecule is CSc1c2sc(C3=C(C(=O)[O-])N4C(=O)[C@H]([C@@H](C)O)[C@H]4[C@H]3C)cn2c[n+]1CCS[C@@H]1CN[C@H](C(N)=O)C1. The number of rotatable bonds is 9. The Hall–Kier alpha value is -2.06. The molecule has 0 unspecified atom stereocenters. The highest BCUT2D eigenvalue weighted by Crippen LogP contribution is 2.51. The maximum absolute atomic E-state index is 12.6. The van der Waals surface area contributed by atoms with E-state index in [4.69, 9.17) is 5.73 Å². The fourth-order valence-corrected chi connectivity index (χ4v) is 9.05. The summed E-state index contributed by atoms with van der Waals surface area (Å²) in [4.78, 5) is 39.2. The summed E-state index contributed by atoms with van der Waals surface area (Å²) in [6.45, 7) is 5.05. The molecule has 0 aromatic carbocycles. The zero-order valence-electron chi connectivity index (χ0n) is 20.2. The number of amides is 2.